The predicted molar refractivity (Wildman–Crippen MR) is 97.5 cm³/mol. The maximum atomic E-state index is 12.9. The topological polar surface area (TPSA) is 68.2 Å². The molecule has 0 bridgehead atoms. The number of hydrogen-bond acceptors (Lipinski definition) is 6. The van der Waals surface area contributed by atoms with Gasteiger partial charge < -0.3 is 9.64 Å². The first kappa shape index (κ1) is 16.2. The summed E-state index contributed by atoms with van der Waals surface area (Å²) >= 11 is 4.86. The van der Waals surface area contributed by atoms with E-state index in [1.165, 1.54) is 11.3 Å². The Bertz CT molecular complexity index is 916. The standard InChI is InChI=1S/C17H13BrN4O2S/c18-12-2-1-3-14-11(12)10-22(6-7-24-14)17(23)15-9-21-16(25-15)13-8-19-4-5-20-13/h1-5,8-9H,6-7,10H2. The molecule has 0 atom stereocenters. The van der Waals surface area contributed by atoms with Gasteiger partial charge in [-0.05, 0) is 12.1 Å². The van der Waals surface area contributed by atoms with Crippen LogP contribution in [0.15, 0.2) is 47.5 Å². The van der Waals surface area contributed by atoms with Crippen molar-refractivity contribution in [2.75, 3.05) is 13.2 Å². The molecule has 0 unspecified atom stereocenters. The number of benzene rings is 1. The maximum absolute atomic E-state index is 12.9. The fourth-order valence-electron chi connectivity index (χ4n) is 2.59. The van der Waals surface area contributed by atoms with E-state index in [4.69, 9.17) is 4.74 Å². The van der Waals surface area contributed by atoms with Gasteiger partial charge in [0.2, 0.25) is 0 Å². The molecule has 0 N–H and O–H groups in total. The fourth-order valence-corrected chi connectivity index (χ4v) is 3.91. The number of thiazole rings is 1. The Morgan fingerprint density at radius 2 is 2.16 bits per heavy atom. The van der Waals surface area contributed by atoms with E-state index >= 15 is 0 Å². The third-order valence-electron chi connectivity index (χ3n) is 3.83. The van der Waals surface area contributed by atoms with Crippen molar-refractivity contribution in [2.24, 2.45) is 0 Å². The molecule has 3 heterocycles. The highest BCUT2D eigenvalue weighted by Gasteiger charge is 2.24. The second-order valence-corrected chi connectivity index (χ2v) is 7.30. The number of rotatable bonds is 2. The van der Waals surface area contributed by atoms with Crippen molar-refractivity contribution in [1.82, 2.24) is 19.9 Å². The molecule has 8 heteroatoms. The van der Waals surface area contributed by atoms with Crippen molar-refractivity contribution in [3.05, 3.63) is 57.9 Å². The molecule has 1 amide bonds. The Kier molecular flexibility index (Phi) is 4.46. The molecule has 0 saturated heterocycles. The molecule has 0 radical (unpaired) electrons. The van der Waals surface area contributed by atoms with Crippen LogP contribution in [0, 0.1) is 0 Å². The summed E-state index contributed by atoms with van der Waals surface area (Å²) in [5.41, 5.74) is 1.64. The van der Waals surface area contributed by atoms with Gasteiger partial charge in [-0.3, -0.25) is 14.8 Å². The molecule has 6 nitrogen and oxygen atoms in total. The third-order valence-corrected chi connectivity index (χ3v) is 5.58. The van der Waals surface area contributed by atoms with Crippen LogP contribution in [-0.2, 0) is 6.54 Å². The summed E-state index contributed by atoms with van der Waals surface area (Å²) in [6.07, 6.45) is 6.46. The van der Waals surface area contributed by atoms with Gasteiger partial charge in [0.25, 0.3) is 5.91 Å². The van der Waals surface area contributed by atoms with Crippen molar-refractivity contribution in [3.8, 4) is 16.5 Å². The van der Waals surface area contributed by atoms with Crippen LogP contribution >= 0.6 is 27.3 Å². The minimum Gasteiger partial charge on any atom is -0.491 e. The van der Waals surface area contributed by atoms with Gasteiger partial charge in [-0.25, -0.2) is 4.98 Å². The van der Waals surface area contributed by atoms with E-state index in [-0.39, 0.29) is 5.91 Å². The molecular weight excluding hydrogens is 404 g/mol. The summed E-state index contributed by atoms with van der Waals surface area (Å²) in [5, 5.41) is 0.684. The van der Waals surface area contributed by atoms with Gasteiger partial charge in [0.15, 0.2) is 0 Å². The molecule has 0 fully saturated rings. The smallest absolute Gasteiger partial charge is 0.266 e. The van der Waals surface area contributed by atoms with Crippen molar-refractivity contribution >= 4 is 33.2 Å². The molecule has 0 saturated carbocycles. The third kappa shape index (κ3) is 3.27. The largest absolute Gasteiger partial charge is 0.491 e. The lowest BCUT2D eigenvalue weighted by atomic mass is 10.2. The Hall–Kier alpha value is -2.32. The number of nitrogens with zero attached hydrogens (tertiary/aromatic N) is 4. The van der Waals surface area contributed by atoms with Crippen molar-refractivity contribution in [3.63, 3.8) is 0 Å². The highest BCUT2D eigenvalue weighted by atomic mass is 79.9. The van der Waals surface area contributed by atoms with Gasteiger partial charge in [-0.1, -0.05) is 22.0 Å². The summed E-state index contributed by atoms with van der Waals surface area (Å²) in [5.74, 6) is 0.758. The molecule has 1 aliphatic heterocycles. The van der Waals surface area contributed by atoms with E-state index in [1.54, 1.807) is 29.7 Å². The number of fused-ring (bicyclic) bond motifs is 1. The quantitative estimate of drug-likeness (QED) is 0.640. The average Bonchev–Trinajstić information content (AvgIpc) is 3.03. The summed E-state index contributed by atoms with van der Waals surface area (Å²) < 4.78 is 6.70. The van der Waals surface area contributed by atoms with Gasteiger partial charge in [0, 0.05) is 22.4 Å². The first-order valence-corrected chi connectivity index (χ1v) is 9.25. The zero-order chi connectivity index (χ0) is 17.2. The number of aromatic nitrogens is 3. The summed E-state index contributed by atoms with van der Waals surface area (Å²) in [7, 11) is 0. The number of carbonyl (C=O) groups is 1. The van der Waals surface area contributed by atoms with Gasteiger partial charge >= 0.3 is 0 Å². The summed E-state index contributed by atoms with van der Waals surface area (Å²) in [4.78, 5) is 27.8. The van der Waals surface area contributed by atoms with Crippen LogP contribution in [0.25, 0.3) is 10.7 Å². The fraction of sp³-hybridized carbons (Fsp3) is 0.176. The Morgan fingerprint density at radius 3 is 3.00 bits per heavy atom. The second kappa shape index (κ2) is 6.89. The molecule has 126 valence electrons. The average molecular weight is 417 g/mol. The molecule has 3 aromatic rings. The van der Waals surface area contributed by atoms with Crippen molar-refractivity contribution in [2.45, 2.75) is 6.54 Å². The van der Waals surface area contributed by atoms with Gasteiger partial charge in [0.05, 0.1) is 25.5 Å². The molecule has 0 aliphatic carbocycles. The molecule has 1 aliphatic rings. The van der Waals surface area contributed by atoms with Gasteiger partial charge in [0.1, 0.15) is 27.9 Å². The summed E-state index contributed by atoms with van der Waals surface area (Å²) in [6.45, 7) is 1.48. The van der Waals surface area contributed by atoms with E-state index in [0.29, 0.717) is 35.3 Å². The van der Waals surface area contributed by atoms with E-state index in [2.05, 4.69) is 30.9 Å². The lowest BCUT2D eigenvalue weighted by Gasteiger charge is -2.19. The molecule has 1 aromatic carbocycles. The maximum Gasteiger partial charge on any atom is 0.266 e. The monoisotopic (exact) mass is 416 g/mol. The zero-order valence-electron chi connectivity index (χ0n) is 13.1. The minimum absolute atomic E-state index is 0.0557. The van der Waals surface area contributed by atoms with Crippen LogP contribution in [0.3, 0.4) is 0 Å². The van der Waals surface area contributed by atoms with Crippen LogP contribution in [0.1, 0.15) is 15.2 Å². The number of hydrogen-bond donors (Lipinski definition) is 0. The van der Waals surface area contributed by atoms with Crippen LogP contribution in [0.4, 0.5) is 0 Å². The number of amides is 1. The number of halogens is 1. The van der Waals surface area contributed by atoms with Gasteiger partial charge in [-0.15, -0.1) is 11.3 Å². The van der Waals surface area contributed by atoms with E-state index in [1.807, 2.05) is 18.2 Å². The molecular formula is C17H13BrN4O2S. The Balaban J connectivity index is 1.59. The summed E-state index contributed by atoms with van der Waals surface area (Å²) in [6, 6.07) is 5.80. The molecule has 25 heavy (non-hydrogen) atoms. The highest BCUT2D eigenvalue weighted by Crippen LogP contribution is 2.31. The highest BCUT2D eigenvalue weighted by molar-refractivity contribution is 9.10. The second-order valence-electron chi connectivity index (χ2n) is 5.41. The van der Waals surface area contributed by atoms with Crippen molar-refractivity contribution in [1.29, 1.82) is 0 Å². The molecule has 2 aromatic heterocycles. The zero-order valence-corrected chi connectivity index (χ0v) is 15.5. The number of carbonyl (C=O) groups excluding carboxylic acids is 1. The van der Waals surface area contributed by atoms with Crippen LogP contribution in [-0.4, -0.2) is 38.9 Å². The first-order chi connectivity index (χ1) is 12.2. The molecule has 0 spiro atoms. The Morgan fingerprint density at radius 1 is 1.24 bits per heavy atom. The molecule has 4 rings (SSSR count). The predicted octanol–water partition coefficient (Wildman–Crippen LogP) is 3.40. The Labute approximate surface area is 156 Å². The SMILES string of the molecule is O=C(c1cnc(-c2cnccn2)s1)N1CCOc2cccc(Br)c2C1. The lowest BCUT2D eigenvalue weighted by Crippen LogP contribution is -2.32. The van der Waals surface area contributed by atoms with Crippen LogP contribution < -0.4 is 4.74 Å². The lowest BCUT2D eigenvalue weighted by molar-refractivity contribution is 0.0737. The van der Waals surface area contributed by atoms with E-state index in [9.17, 15) is 4.79 Å². The normalized spacial score (nSPS) is 13.7. The van der Waals surface area contributed by atoms with Crippen molar-refractivity contribution < 1.29 is 9.53 Å². The minimum atomic E-state index is -0.0557. The number of ether oxygens (including phenoxy) is 1. The van der Waals surface area contributed by atoms with Crippen LogP contribution in [0.5, 0.6) is 5.75 Å². The van der Waals surface area contributed by atoms with E-state index < -0.39 is 0 Å². The van der Waals surface area contributed by atoms with Crippen LogP contribution in [0.2, 0.25) is 0 Å². The first-order valence-electron chi connectivity index (χ1n) is 7.64. The van der Waals surface area contributed by atoms with Gasteiger partial charge in [-0.2, -0.15) is 0 Å². The van der Waals surface area contributed by atoms with E-state index in [0.717, 1.165) is 15.8 Å².